The van der Waals surface area contributed by atoms with E-state index >= 15 is 0 Å². The first kappa shape index (κ1) is 18.1. The zero-order chi connectivity index (χ0) is 16.9. The minimum Gasteiger partial charge on any atom is -0.366 e. The van der Waals surface area contributed by atoms with Crippen LogP contribution in [0.4, 0.5) is 5.00 Å². The van der Waals surface area contributed by atoms with Crippen LogP contribution in [0, 0.1) is 0 Å². The van der Waals surface area contributed by atoms with Crippen LogP contribution in [-0.2, 0) is 9.59 Å². The molecule has 0 bridgehead atoms. The number of hydrogen-bond donors (Lipinski definition) is 3. The van der Waals surface area contributed by atoms with Gasteiger partial charge in [-0.1, -0.05) is 0 Å². The maximum absolute atomic E-state index is 11.9. The molecular weight excluding hydrogens is 304 g/mol. The second-order valence-electron chi connectivity index (χ2n) is 6.05. The highest BCUT2D eigenvalue weighted by Crippen LogP contribution is 2.22. The summed E-state index contributed by atoms with van der Waals surface area (Å²) >= 11 is 1.22. The maximum Gasteiger partial charge on any atom is 0.251 e. The Bertz CT molecular complexity index is 563. The molecule has 1 heterocycles. The number of rotatable bonds is 6. The molecular formula is C14H22N4O3S. The van der Waals surface area contributed by atoms with E-state index in [2.05, 4.69) is 10.6 Å². The van der Waals surface area contributed by atoms with E-state index in [-0.39, 0.29) is 36.0 Å². The van der Waals surface area contributed by atoms with Crippen molar-refractivity contribution in [2.24, 2.45) is 5.73 Å². The second kappa shape index (κ2) is 7.37. The molecule has 0 aromatic carbocycles. The average molecular weight is 326 g/mol. The van der Waals surface area contributed by atoms with Gasteiger partial charge in [0.15, 0.2) is 0 Å². The van der Waals surface area contributed by atoms with E-state index in [1.165, 1.54) is 11.3 Å². The molecule has 22 heavy (non-hydrogen) atoms. The van der Waals surface area contributed by atoms with Crippen LogP contribution < -0.4 is 16.4 Å². The van der Waals surface area contributed by atoms with Crippen molar-refractivity contribution in [1.29, 1.82) is 0 Å². The van der Waals surface area contributed by atoms with Crippen molar-refractivity contribution in [3.63, 3.8) is 0 Å². The van der Waals surface area contributed by atoms with E-state index in [0.717, 1.165) is 0 Å². The van der Waals surface area contributed by atoms with Crippen LogP contribution >= 0.6 is 11.3 Å². The standard InChI is InChI=1S/C14H22N4O3S/c1-14(2,3)17-11(20)8-18(4)7-10(19)16-13-9(12(15)21)5-6-22-13/h5-6H,7-8H2,1-4H3,(H2,15,21)(H,16,19)(H,17,20). The zero-order valence-electron chi connectivity index (χ0n) is 13.2. The first-order chi connectivity index (χ1) is 10.1. The third kappa shape index (κ3) is 6.23. The molecule has 7 nitrogen and oxygen atoms in total. The molecule has 1 aromatic rings. The van der Waals surface area contributed by atoms with Gasteiger partial charge < -0.3 is 16.4 Å². The molecule has 8 heteroatoms. The first-order valence-electron chi connectivity index (χ1n) is 6.75. The molecule has 0 unspecified atom stereocenters. The van der Waals surface area contributed by atoms with Crippen LogP contribution in [0.3, 0.4) is 0 Å². The third-order valence-corrected chi connectivity index (χ3v) is 3.35. The fourth-order valence-electron chi connectivity index (χ4n) is 1.77. The maximum atomic E-state index is 11.9. The van der Waals surface area contributed by atoms with Gasteiger partial charge in [-0.25, -0.2) is 0 Å². The van der Waals surface area contributed by atoms with Crippen molar-refractivity contribution in [3.8, 4) is 0 Å². The molecule has 1 rings (SSSR count). The molecule has 0 saturated heterocycles. The fraction of sp³-hybridized carbons (Fsp3) is 0.500. The van der Waals surface area contributed by atoms with Crippen molar-refractivity contribution in [3.05, 3.63) is 17.0 Å². The summed E-state index contributed by atoms with van der Waals surface area (Å²) in [7, 11) is 1.67. The lowest BCUT2D eigenvalue weighted by atomic mass is 10.1. The molecule has 4 N–H and O–H groups in total. The van der Waals surface area contributed by atoms with Crippen LogP contribution in [0.1, 0.15) is 31.1 Å². The van der Waals surface area contributed by atoms with Gasteiger partial charge in [-0.2, -0.15) is 0 Å². The minimum atomic E-state index is -0.588. The highest BCUT2D eigenvalue weighted by Gasteiger charge is 2.17. The zero-order valence-corrected chi connectivity index (χ0v) is 14.0. The van der Waals surface area contributed by atoms with E-state index < -0.39 is 5.91 Å². The van der Waals surface area contributed by atoms with Crippen LogP contribution in [0.2, 0.25) is 0 Å². The van der Waals surface area contributed by atoms with Gasteiger partial charge in [0.25, 0.3) is 5.91 Å². The number of primary amides is 1. The van der Waals surface area contributed by atoms with Gasteiger partial charge in [-0.05, 0) is 39.3 Å². The second-order valence-corrected chi connectivity index (χ2v) is 6.96. The van der Waals surface area contributed by atoms with Gasteiger partial charge in [-0.3, -0.25) is 19.3 Å². The SMILES string of the molecule is CN(CC(=O)Nc1sccc1C(N)=O)CC(=O)NC(C)(C)C. The first-order valence-corrected chi connectivity index (χ1v) is 7.63. The molecule has 3 amide bonds. The quantitative estimate of drug-likeness (QED) is 0.713. The van der Waals surface area contributed by atoms with Crippen LogP contribution in [0.5, 0.6) is 0 Å². The fourth-order valence-corrected chi connectivity index (χ4v) is 2.58. The van der Waals surface area contributed by atoms with Gasteiger partial charge in [-0.15, -0.1) is 11.3 Å². The molecule has 0 spiro atoms. The summed E-state index contributed by atoms with van der Waals surface area (Å²) in [6.45, 7) is 5.81. The number of carbonyl (C=O) groups is 3. The Morgan fingerprint density at radius 2 is 1.82 bits per heavy atom. The van der Waals surface area contributed by atoms with Gasteiger partial charge in [0.2, 0.25) is 11.8 Å². The molecule has 0 saturated carbocycles. The van der Waals surface area contributed by atoms with Gasteiger partial charge in [0.05, 0.1) is 18.7 Å². The van der Waals surface area contributed by atoms with E-state index in [0.29, 0.717) is 5.00 Å². The average Bonchev–Trinajstić information content (AvgIpc) is 2.73. The summed E-state index contributed by atoms with van der Waals surface area (Å²) in [6, 6.07) is 1.56. The summed E-state index contributed by atoms with van der Waals surface area (Å²) in [5, 5.41) is 7.55. The predicted molar refractivity (Wildman–Crippen MR) is 86.9 cm³/mol. The molecule has 0 fully saturated rings. The monoisotopic (exact) mass is 326 g/mol. The van der Waals surface area contributed by atoms with E-state index in [1.54, 1.807) is 23.4 Å². The van der Waals surface area contributed by atoms with E-state index in [9.17, 15) is 14.4 Å². The molecule has 0 aliphatic rings. The molecule has 1 aromatic heterocycles. The third-order valence-electron chi connectivity index (χ3n) is 2.53. The highest BCUT2D eigenvalue weighted by atomic mass is 32.1. The highest BCUT2D eigenvalue weighted by molar-refractivity contribution is 7.14. The molecule has 0 atom stereocenters. The van der Waals surface area contributed by atoms with Crippen molar-refractivity contribution < 1.29 is 14.4 Å². The Balaban J connectivity index is 2.49. The molecule has 122 valence electrons. The number of anilines is 1. The lowest BCUT2D eigenvalue weighted by molar-refractivity contribution is -0.124. The smallest absolute Gasteiger partial charge is 0.251 e. The topological polar surface area (TPSA) is 105 Å². The number of nitrogens with two attached hydrogens (primary N) is 1. The Morgan fingerprint density at radius 3 is 2.36 bits per heavy atom. The molecule has 0 aliphatic heterocycles. The van der Waals surface area contributed by atoms with Crippen molar-refractivity contribution >= 4 is 34.1 Å². The Hall–Kier alpha value is -1.93. The number of nitrogens with zero attached hydrogens (tertiary/aromatic N) is 1. The van der Waals surface area contributed by atoms with Crippen molar-refractivity contribution in [2.45, 2.75) is 26.3 Å². The summed E-state index contributed by atoms with van der Waals surface area (Å²) in [4.78, 5) is 36.5. The van der Waals surface area contributed by atoms with Crippen LogP contribution in [0.15, 0.2) is 11.4 Å². The number of hydrogen-bond acceptors (Lipinski definition) is 5. The number of amides is 3. The van der Waals surface area contributed by atoms with Gasteiger partial charge >= 0.3 is 0 Å². The normalized spacial score (nSPS) is 11.3. The largest absolute Gasteiger partial charge is 0.366 e. The van der Waals surface area contributed by atoms with Gasteiger partial charge in [0.1, 0.15) is 5.00 Å². The molecule has 0 aliphatic carbocycles. The van der Waals surface area contributed by atoms with Crippen LogP contribution in [-0.4, -0.2) is 48.3 Å². The summed E-state index contributed by atoms with van der Waals surface area (Å²) in [5.41, 5.74) is 5.19. The Morgan fingerprint density at radius 1 is 1.23 bits per heavy atom. The number of thiophene rings is 1. The molecule has 0 radical (unpaired) electrons. The summed E-state index contributed by atoms with van der Waals surface area (Å²) in [5.74, 6) is -1.05. The van der Waals surface area contributed by atoms with Crippen molar-refractivity contribution in [1.82, 2.24) is 10.2 Å². The predicted octanol–water partition coefficient (Wildman–Crippen LogP) is 0.632. The Labute approximate surface area is 133 Å². The van der Waals surface area contributed by atoms with Crippen molar-refractivity contribution in [2.75, 3.05) is 25.5 Å². The Kier molecular flexibility index (Phi) is 6.07. The number of carbonyl (C=O) groups excluding carboxylic acids is 3. The number of nitrogens with one attached hydrogen (secondary N) is 2. The minimum absolute atomic E-state index is 0.0354. The number of likely N-dealkylation sites (N-methyl/N-ethyl adjacent to an activating group) is 1. The van der Waals surface area contributed by atoms with Gasteiger partial charge in [0, 0.05) is 5.54 Å². The van der Waals surface area contributed by atoms with E-state index in [4.69, 9.17) is 5.73 Å². The summed E-state index contributed by atoms with van der Waals surface area (Å²) in [6.07, 6.45) is 0. The lowest BCUT2D eigenvalue weighted by Gasteiger charge is -2.23. The van der Waals surface area contributed by atoms with E-state index in [1.807, 2.05) is 20.8 Å². The lowest BCUT2D eigenvalue weighted by Crippen LogP contribution is -2.46. The van der Waals surface area contributed by atoms with Crippen LogP contribution in [0.25, 0.3) is 0 Å². The summed E-state index contributed by atoms with van der Waals surface area (Å²) < 4.78 is 0.